The number of esters is 1. The lowest BCUT2D eigenvalue weighted by Crippen LogP contribution is -2.09. The van der Waals surface area contributed by atoms with Crippen LogP contribution in [0.2, 0.25) is 0 Å². The Morgan fingerprint density at radius 2 is 2.15 bits per heavy atom. The first-order valence-corrected chi connectivity index (χ1v) is 9.54. The Morgan fingerprint density at radius 1 is 1.27 bits per heavy atom. The number of aryl methyl sites for hydroxylation is 3. The van der Waals surface area contributed by atoms with Gasteiger partial charge in [0.25, 0.3) is 0 Å². The van der Waals surface area contributed by atoms with Gasteiger partial charge in [-0.15, -0.1) is 11.3 Å². The van der Waals surface area contributed by atoms with Crippen molar-refractivity contribution >= 4 is 33.6 Å². The van der Waals surface area contributed by atoms with Crippen LogP contribution in [0.4, 0.5) is 0 Å². The smallest absolute Gasteiger partial charge is 0.340 e. The Hall–Kier alpha value is -2.66. The minimum Gasteiger partial charge on any atom is -0.465 e. The van der Waals surface area contributed by atoms with E-state index < -0.39 is 5.97 Å². The molecule has 132 valence electrons. The van der Waals surface area contributed by atoms with E-state index in [1.807, 2.05) is 0 Å². The zero-order chi connectivity index (χ0) is 18.1. The third kappa shape index (κ3) is 3.10. The highest BCUT2D eigenvalue weighted by Gasteiger charge is 2.16. The van der Waals surface area contributed by atoms with Gasteiger partial charge in [0, 0.05) is 11.4 Å². The largest absolute Gasteiger partial charge is 0.465 e. The molecule has 0 radical (unpaired) electrons. The van der Waals surface area contributed by atoms with Gasteiger partial charge < -0.3 is 9.72 Å². The van der Waals surface area contributed by atoms with Crippen molar-refractivity contribution in [2.45, 2.75) is 25.7 Å². The standard InChI is InChI=1S/C21H19NO3S/c1-25-21(24)17-12-26-20-16(11-18(23)22-19(17)20)9-7-13-6-8-14-4-2-3-5-15(14)10-13/h2,4,6,8,10-12H,3,5,7,9H2,1H3,(H,22,23). The first-order valence-electron chi connectivity index (χ1n) is 8.66. The van der Waals surface area contributed by atoms with Crippen LogP contribution in [-0.4, -0.2) is 18.1 Å². The van der Waals surface area contributed by atoms with E-state index in [1.165, 1.54) is 35.1 Å². The van der Waals surface area contributed by atoms with E-state index in [1.54, 1.807) is 11.4 Å². The number of H-pyrrole nitrogens is 1. The summed E-state index contributed by atoms with van der Waals surface area (Å²) >= 11 is 1.47. The summed E-state index contributed by atoms with van der Waals surface area (Å²) in [5.41, 5.74) is 5.77. The molecule has 2 heterocycles. The molecular weight excluding hydrogens is 346 g/mol. The van der Waals surface area contributed by atoms with Gasteiger partial charge >= 0.3 is 5.97 Å². The summed E-state index contributed by atoms with van der Waals surface area (Å²) in [7, 11) is 1.35. The fourth-order valence-corrected chi connectivity index (χ4v) is 4.51. The van der Waals surface area contributed by atoms with E-state index in [9.17, 15) is 9.59 Å². The van der Waals surface area contributed by atoms with Gasteiger partial charge in [-0.05, 0) is 47.9 Å². The monoisotopic (exact) mass is 365 g/mol. The fourth-order valence-electron chi connectivity index (χ4n) is 3.47. The number of ether oxygens (including phenoxy) is 1. The maximum absolute atomic E-state index is 12.1. The Labute approximate surface area is 155 Å². The fraction of sp³-hybridized carbons (Fsp3) is 0.238. The summed E-state index contributed by atoms with van der Waals surface area (Å²) < 4.78 is 5.75. The maximum atomic E-state index is 12.1. The van der Waals surface area contributed by atoms with Crippen LogP contribution in [0.5, 0.6) is 0 Å². The SMILES string of the molecule is COC(=O)c1csc2c(CCc3ccc4c(c3)CCC=C4)cc(=O)[nH]c12. The van der Waals surface area contributed by atoms with E-state index in [4.69, 9.17) is 4.74 Å². The molecule has 1 aromatic carbocycles. The third-order valence-electron chi connectivity index (χ3n) is 4.81. The second kappa shape index (κ2) is 6.92. The molecule has 0 spiro atoms. The van der Waals surface area contributed by atoms with Crippen molar-refractivity contribution in [2.24, 2.45) is 0 Å². The zero-order valence-corrected chi connectivity index (χ0v) is 15.3. The van der Waals surface area contributed by atoms with Crippen LogP contribution in [0.25, 0.3) is 16.3 Å². The molecule has 3 aromatic rings. The van der Waals surface area contributed by atoms with Crippen LogP contribution in [0.3, 0.4) is 0 Å². The number of carbonyl (C=O) groups excluding carboxylic acids is 1. The summed E-state index contributed by atoms with van der Waals surface area (Å²) in [5, 5.41) is 1.75. The first kappa shape index (κ1) is 16.8. The highest BCUT2D eigenvalue weighted by atomic mass is 32.1. The molecule has 1 N–H and O–H groups in total. The van der Waals surface area contributed by atoms with Gasteiger partial charge in [0.05, 0.1) is 22.9 Å². The van der Waals surface area contributed by atoms with Crippen LogP contribution >= 0.6 is 11.3 Å². The molecule has 5 heteroatoms. The van der Waals surface area contributed by atoms with Gasteiger partial charge in [-0.25, -0.2) is 4.79 Å². The number of methoxy groups -OCH3 is 1. The highest BCUT2D eigenvalue weighted by molar-refractivity contribution is 7.17. The molecule has 4 nitrogen and oxygen atoms in total. The van der Waals surface area contributed by atoms with E-state index in [0.29, 0.717) is 11.1 Å². The van der Waals surface area contributed by atoms with Gasteiger partial charge in [-0.1, -0.05) is 30.4 Å². The summed E-state index contributed by atoms with van der Waals surface area (Å²) in [6.07, 6.45) is 8.20. The summed E-state index contributed by atoms with van der Waals surface area (Å²) in [6, 6.07) is 8.25. The quantitative estimate of drug-likeness (QED) is 0.708. The van der Waals surface area contributed by atoms with Crippen LogP contribution in [0.1, 0.15) is 39.0 Å². The molecular formula is C21H19NO3S. The molecule has 0 bridgehead atoms. The number of carbonyl (C=O) groups is 1. The van der Waals surface area contributed by atoms with Gasteiger partial charge in [-0.3, -0.25) is 4.79 Å². The predicted octanol–water partition coefficient (Wildman–Crippen LogP) is 4.12. The summed E-state index contributed by atoms with van der Waals surface area (Å²) in [4.78, 5) is 26.7. The molecule has 0 atom stereocenters. The molecule has 4 rings (SSSR count). The number of allylic oxidation sites excluding steroid dienone is 1. The molecule has 0 amide bonds. The minimum atomic E-state index is -0.424. The molecule has 26 heavy (non-hydrogen) atoms. The number of fused-ring (bicyclic) bond motifs is 2. The van der Waals surface area contributed by atoms with E-state index in [2.05, 4.69) is 35.3 Å². The average Bonchev–Trinajstić information content (AvgIpc) is 3.09. The van der Waals surface area contributed by atoms with Crippen LogP contribution in [-0.2, 0) is 24.0 Å². The van der Waals surface area contributed by atoms with Crippen molar-refractivity contribution in [2.75, 3.05) is 7.11 Å². The number of hydrogen-bond acceptors (Lipinski definition) is 4. The number of rotatable bonds is 4. The van der Waals surface area contributed by atoms with Crippen molar-refractivity contribution < 1.29 is 9.53 Å². The van der Waals surface area contributed by atoms with Crippen LogP contribution in [0.15, 0.2) is 40.5 Å². The number of hydrogen-bond donors (Lipinski definition) is 1. The molecule has 0 unspecified atom stereocenters. The van der Waals surface area contributed by atoms with E-state index >= 15 is 0 Å². The van der Waals surface area contributed by atoms with Crippen LogP contribution < -0.4 is 5.56 Å². The average molecular weight is 365 g/mol. The van der Waals surface area contributed by atoms with Gasteiger partial charge in [-0.2, -0.15) is 0 Å². The zero-order valence-electron chi connectivity index (χ0n) is 14.5. The first-order chi connectivity index (χ1) is 12.7. The Morgan fingerprint density at radius 3 is 3.00 bits per heavy atom. The van der Waals surface area contributed by atoms with Crippen LogP contribution in [0, 0.1) is 0 Å². The molecule has 1 aliphatic rings. The topological polar surface area (TPSA) is 59.2 Å². The lowest BCUT2D eigenvalue weighted by molar-refractivity contribution is 0.0603. The normalized spacial score (nSPS) is 13.0. The number of aromatic nitrogens is 1. The van der Waals surface area contributed by atoms with Crippen molar-refractivity contribution in [3.05, 3.63) is 73.9 Å². The number of pyridine rings is 1. The number of nitrogens with one attached hydrogen (secondary N) is 1. The summed E-state index contributed by atoms with van der Waals surface area (Å²) in [5.74, 6) is -0.424. The third-order valence-corrected chi connectivity index (χ3v) is 5.87. The van der Waals surface area contributed by atoms with Gasteiger partial charge in [0.2, 0.25) is 5.56 Å². The van der Waals surface area contributed by atoms with Crippen molar-refractivity contribution in [1.82, 2.24) is 4.98 Å². The maximum Gasteiger partial charge on any atom is 0.340 e. The second-order valence-corrected chi connectivity index (χ2v) is 7.36. The Kier molecular flexibility index (Phi) is 4.47. The predicted molar refractivity (Wildman–Crippen MR) is 105 cm³/mol. The lowest BCUT2D eigenvalue weighted by Gasteiger charge is -2.12. The molecule has 2 aromatic heterocycles. The van der Waals surface area contributed by atoms with E-state index in [0.717, 1.165) is 35.9 Å². The van der Waals surface area contributed by atoms with Gasteiger partial charge in [0.15, 0.2) is 0 Å². The second-order valence-electron chi connectivity index (χ2n) is 6.48. The van der Waals surface area contributed by atoms with Gasteiger partial charge in [0.1, 0.15) is 0 Å². The Bertz CT molecular complexity index is 1070. The molecule has 0 saturated heterocycles. The lowest BCUT2D eigenvalue weighted by atomic mass is 9.93. The number of aromatic amines is 1. The van der Waals surface area contributed by atoms with E-state index in [-0.39, 0.29) is 5.56 Å². The van der Waals surface area contributed by atoms with Crippen molar-refractivity contribution in [3.63, 3.8) is 0 Å². The van der Waals surface area contributed by atoms with Crippen molar-refractivity contribution in [1.29, 1.82) is 0 Å². The number of benzene rings is 1. The molecule has 0 aliphatic heterocycles. The molecule has 0 fully saturated rings. The highest BCUT2D eigenvalue weighted by Crippen LogP contribution is 2.28. The molecule has 1 aliphatic carbocycles. The van der Waals surface area contributed by atoms with Crippen molar-refractivity contribution in [3.8, 4) is 0 Å². The minimum absolute atomic E-state index is 0.188. The molecule has 0 saturated carbocycles. The Balaban J connectivity index is 1.63. The number of thiophene rings is 1. The summed E-state index contributed by atoms with van der Waals surface area (Å²) in [6.45, 7) is 0.